The Bertz CT molecular complexity index is 718. The van der Waals surface area contributed by atoms with E-state index in [1.54, 1.807) is 32.4 Å². The molecule has 5 nitrogen and oxygen atoms in total. The summed E-state index contributed by atoms with van der Waals surface area (Å²) in [6.45, 7) is 2.10. The number of methoxy groups -OCH3 is 2. The van der Waals surface area contributed by atoms with Crippen molar-refractivity contribution in [2.75, 3.05) is 20.8 Å². The summed E-state index contributed by atoms with van der Waals surface area (Å²) in [5.41, 5.74) is 1.73. The Morgan fingerprint density at radius 2 is 1.83 bits per heavy atom. The molecule has 0 aliphatic heterocycles. The van der Waals surface area contributed by atoms with Crippen LogP contribution >= 0.6 is 11.6 Å². The lowest BCUT2D eigenvalue weighted by Gasteiger charge is -2.14. The molecule has 0 radical (unpaired) electrons. The SMILES string of the molecule is COc1ccccc1OCC(=O)NCc1cc(Cl)cc(C)c1OC. The van der Waals surface area contributed by atoms with Crippen LogP contribution in [0.2, 0.25) is 5.02 Å². The van der Waals surface area contributed by atoms with Gasteiger partial charge in [0, 0.05) is 17.1 Å². The molecule has 0 saturated carbocycles. The summed E-state index contributed by atoms with van der Waals surface area (Å²) in [5.74, 6) is 1.56. The van der Waals surface area contributed by atoms with Crippen LogP contribution in [0.4, 0.5) is 0 Å². The Kier molecular flexibility index (Phi) is 6.32. The molecule has 0 aliphatic carbocycles. The molecule has 0 bridgehead atoms. The normalized spacial score (nSPS) is 10.2. The van der Waals surface area contributed by atoms with Gasteiger partial charge in [0.1, 0.15) is 5.75 Å². The van der Waals surface area contributed by atoms with Crippen LogP contribution in [0.5, 0.6) is 17.2 Å². The highest BCUT2D eigenvalue weighted by atomic mass is 35.5. The van der Waals surface area contributed by atoms with Gasteiger partial charge in [-0.05, 0) is 36.8 Å². The van der Waals surface area contributed by atoms with E-state index in [0.29, 0.717) is 28.8 Å². The Morgan fingerprint density at radius 1 is 1.12 bits per heavy atom. The van der Waals surface area contributed by atoms with Gasteiger partial charge in [-0.2, -0.15) is 0 Å². The van der Waals surface area contributed by atoms with Gasteiger partial charge in [0.15, 0.2) is 18.1 Å². The number of hydrogen-bond acceptors (Lipinski definition) is 4. The van der Waals surface area contributed by atoms with Crippen LogP contribution in [-0.2, 0) is 11.3 Å². The number of amides is 1. The van der Waals surface area contributed by atoms with Gasteiger partial charge in [0.2, 0.25) is 0 Å². The zero-order valence-electron chi connectivity index (χ0n) is 13.9. The van der Waals surface area contributed by atoms with Crippen molar-refractivity contribution < 1.29 is 19.0 Å². The van der Waals surface area contributed by atoms with Crippen LogP contribution in [0, 0.1) is 6.92 Å². The zero-order valence-corrected chi connectivity index (χ0v) is 14.6. The van der Waals surface area contributed by atoms with Gasteiger partial charge < -0.3 is 19.5 Å². The summed E-state index contributed by atoms with van der Waals surface area (Å²) in [5, 5.41) is 3.39. The first-order valence-corrected chi connectivity index (χ1v) is 7.78. The second kappa shape index (κ2) is 8.45. The van der Waals surface area contributed by atoms with E-state index in [-0.39, 0.29) is 12.5 Å². The number of rotatable bonds is 7. The lowest BCUT2D eigenvalue weighted by atomic mass is 10.1. The third-order valence-electron chi connectivity index (χ3n) is 3.42. The smallest absolute Gasteiger partial charge is 0.258 e. The van der Waals surface area contributed by atoms with Crippen molar-refractivity contribution in [2.45, 2.75) is 13.5 Å². The minimum absolute atomic E-state index is 0.109. The Labute approximate surface area is 146 Å². The molecule has 0 fully saturated rings. The number of carbonyl (C=O) groups excluding carboxylic acids is 1. The van der Waals surface area contributed by atoms with Crippen LogP contribution in [0.15, 0.2) is 36.4 Å². The number of carbonyl (C=O) groups is 1. The summed E-state index contributed by atoms with van der Waals surface area (Å²) in [7, 11) is 3.14. The predicted octanol–water partition coefficient (Wildman–Crippen LogP) is 3.36. The van der Waals surface area contributed by atoms with E-state index >= 15 is 0 Å². The van der Waals surface area contributed by atoms with E-state index in [4.69, 9.17) is 25.8 Å². The van der Waals surface area contributed by atoms with Crippen molar-refractivity contribution >= 4 is 17.5 Å². The van der Waals surface area contributed by atoms with Gasteiger partial charge in [-0.3, -0.25) is 4.79 Å². The molecule has 2 aromatic rings. The summed E-state index contributed by atoms with van der Waals surface area (Å²) in [4.78, 5) is 12.0. The highest BCUT2D eigenvalue weighted by molar-refractivity contribution is 6.30. The minimum Gasteiger partial charge on any atom is -0.496 e. The van der Waals surface area contributed by atoms with Crippen LogP contribution < -0.4 is 19.5 Å². The highest BCUT2D eigenvalue weighted by Crippen LogP contribution is 2.28. The molecule has 0 unspecified atom stereocenters. The second-order valence-electron chi connectivity index (χ2n) is 5.13. The maximum Gasteiger partial charge on any atom is 0.258 e. The second-order valence-corrected chi connectivity index (χ2v) is 5.57. The lowest BCUT2D eigenvalue weighted by Crippen LogP contribution is -2.28. The number of hydrogen-bond donors (Lipinski definition) is 1. The van der Waals surface area contributed by atoms with Crippen LogP contribution in [0.1, 0.15) is 11.1 Å². The topological polar surface area (TPSA) is 56.8 Å². The fourth-order valence-corrected chi connectivity index (χ4v) is 2.64. The summed E-state index contributed by atoms with van der Waals surface area (Å²) < 4.78 is 16.0. The molecule has 1 N–H and O–H groups in total. The molecule has 0 aromatic heterocycles. The van der Waals surface area contributed by atoms with E-state index in [1.807, 2.05) is 25.1 Å². The van der Waals surface area contributed by atoms with E-state index < -0.39 is 0 Å². The quantitative estimate of drug-likeness (QED) is 0.832. The molecular formula is C18H20ClNO4. The molecule has 6 heteroatoms. The summed E-state index contributed by atoms with van der Waals surface area (Å²) in [6.07, 6.45) is 0. The van der Waals surface area contributed by atoms with Crippen molar-refractivity contribution in [2.24, 2.45) is 0 Å². The third kappa shape index (κ3) is 4.55. The summed E-state index contributed by atoms with van der Waals surface area (Å²) in [6, 6.07) is 10.8. The molecule has 128 valence electrons. The first kappa shape index (κ1) is 17.9. The molecule has 24 heavy (non-hydrogen) atoms. The zero-order chi connectivity index (χ0) is 17.5. The molecule has 0 saturated heterocycles. The van der Waals surface area contributed by atoms with Crippen LogP contribution in [-0.4, -0.2) is 26.7 Å². The van der Waals surface area contributed by atoms with Gasteiger partial charge in [0.05, 0.1) is 14.2 Å². The summed E-state index contributed by atoms with van der Waals surface area (Å²) >= 11 is 6.06. The van der Waals surface area contributed by atoms with Gasteiger partial charge in [-0.1, -0.05) is 23.7 Å². The molecule has 0 spiro atoms. The fourth-order valence-electron chi connectivity index (χ4n) is 2.35. The minimum atomic E-state index is -0.249. The molecule has 0 aliphatic rings. The Hall–Kier alpha value is -2.40. The number of aryl methyl sites for hydroxylation is 1. The number of ether oxygens (including phenoxy) is 3. The van der Waals surface area contributed by atoms with Gasteiger partial charge in [-0.15, -0.1) is 0 Å². The monoisotopic (exact) mass is 349 g/mol. The molecule has 2 rings (SSSR count). The van der Waals surface area contributed by atoms with Crippen molar-refractivity contribution in [1.82, 2.24) is 5.32 Å². The van der Waals surface area contributed by atoms with E-state index in [2.05, 4.69) is 5.32 Å². The van der Waals surface area contributed by atoms with Gasteiger partial charge >= 0.3 is 0 Å². The van der Waals surface area contributed by atoms with Crippen LogP contribution in [0.25, 0.3) is 0 Å². The standard InChI is InChI=1S/C18H20ClNO4/c1-12-8-14(19)9-13(18(12)23-3)10-20-17(21)11-24-16-7-5-4-6-15(16)22-2/h4-9H,10-11H2,1-3H3,(H,20,21). The van der Waals surface area contributed by atoms with Crippen molar-refractivity contribution in [3.8, 4) is 17.2 Å². The van der Waals surface area contributed by atoms with E-state index in [1.165, 1.54) is 0 Å². The van der Waals surface area contributed by atoms with Gasteiger partial charge in [0.25, 0.3) is 5.91 Å². The van der Waals surface area contributed by atoms with Crippen molar-refractivity contribution in [3.05, 3.63) is 52.5 Å². The van der Waals surface area contributed by atoms with Gasteiger partial charge in [-0.25, -0.2) is 0 Å². The Balaban J connectivity index is 1.94. The predicted molar refractivity (Wildman–Crippen MR) is 93.1 cm³/mol. The lowest BCUT2D eigenvalue weighted by molar-refractivity contribution is -0.123. The van der Waals surface area contributed by atoms with E-state index in [9.17, 15) is 4.79 Å². The molecule has 0 heterocycles. The largest absolute Gasteiger partial charge is 0.496 e. The molecule has 1 amide bonds. The van der Waals surface area contributed by atoms with Crippen LogP contribution in [0.3, 0.4) is 0 Å². The maximum absolute atomic E-state index is 12.0. The number of nitrogens with one attached hydrogen (secondary N) is 1. The molecular weight excluding hydrogens is 330 g/mol. The molecule has 0 atom stereocenters. The highest BCUT2D eigenvalue weighted by Gasteiger charge is 2.11. The first-order valence-electron chi connectivity index (χ1n) is 7.40. The molecule has 2 aromatic carbocycles. The average Bonchev–Trinajstić information content (AvgIpc) is 2.58. The third-order valence-corrected chi connectivity index (χ3v) is 3.64. The average molecular weight is 350 g/mol. The number of halogens is 1. The number of benzene rings is 2. The number of para-hydroxylation sites is 2. The fraction of sp³-hybridized carbons (Fsp3) is 0.278. The Morgan fingerprint density at radius 3 is 2.50 bits per heavy atom. The van der Waals surface area contributed by atoms with Crippen molar-refractivity contribution in [3.63, 3.8) is 0 Å². The van der Waals surface area contributed by atoms with E-state index in [0.717, 1.165) is 11.1 Å². The van der Waals surface area contributed by atoms with Crippen molar-refractivity contribution in [1.29, 1.82) is 0 Å². The first-order chi connectivity index (χ1) is 11.5. The maximum atomic E-state index is 12.0.